The van der Waals surface area contributed by atoms with Gasteiger partial charge in [-0.05, 0) is 32.1 Å². The largest absolute Gasteiger partial charge is 0.466 e. The number of esters is 2. The van der Waals surface area contributed by atoms with Crippen LogP contribution in [0.5, 0.6) is 0 Å². The van der Waals surface area contributed by atoms with Gasteiger partial charge < -0.3 is 9.47 Å². The van der Waals surface area contributed by atoms with Crippen LogP contribution in [0.25, 0.3) is 0 Å². The van der Waals surface area contributed by atoms with Crippen molar-refractivity contribution in [3.63, 3.8) is 0 Å². The van der Waals surface area contributed by atoms with Gasteiger partial charge in [0.05, 0.1) is 25.6 Å². The zero-order valence-corrected chi connectivity index (χ0v) is 22.8. The lowest BCUT2D eigenvalue weighted by Crippen LogP contribution is -2.26. The third-order valence-electron chi connectivity index (χ3n) is 6.90. The quantitative estimate of drug-likeness (QED) is 0.111. The summed E-state index contributed by atoms with van der Waals surface area (Å²) >= 11 is 0. The fraction of sp³-hybridized carbons (Fsp3) is 0.931. The van der Waals surface area contributed by atoms with Crippen molar-refractivity contribution in [1.82, 2.24) is 0 Å². The van der Waals surface area contributed by atoms with E-state index in [4.69, 9.17) is 9.47 Å². The van der Waals surface area contributed by atoms with Crippen molar-refractivity contribution in [2.24, 2.45) is 17.8 Å². The minimum atomic E-state index is -0.384. The van der Waals surface area contributed by atoms with Gasteiger partial charge in [-0.3, -0.25) is 9.59 Å². The van der Waals surface area contributed by atoms with E-state index < -0.39 is 0 Å². The summed E-state index contributed by atoms with van der Waals surface area (Å²) in [4.78, 5) is 24.5. The Morgan fingerprint density at radius 3 is 1.64 bits per heavy atom. The van der Waals surface area contributed by atoms with E-state index in [9.17, 15) is 9.59 Å². The van der Waals surface area contributed by atoms with Crippen LogP contribution in [0.3, 0.4) is 0 Å². The first-order valence-corrected chi connectivity index (χ1v) is 14.3. The molecule has 0 aliphatic carbocycles. The maximum atomic E-state index is 12.5. The van der Waals surface area contributed by atoms with Crippen LogP contribution in [0, 0.1) is 17.8 Å². The van der Waals surface area contributed by atoms with Crippen LogP contribution >= 0.6 is 0 Å². The normalized spacial score (nSPS) is 14.0. The minimum Gasteiger partial charge on any atom is -0.466 e. The van der Waals surface area contributed by atoms with Crippen LogP contribution in [0.15, 0.2) is 0 Å². The highest BCUT2D eigenvalue weighted by Gasteiger charge is 2.29. The van der Waals surface area contributed by atoms with E-state index in [1.807, 2.05) is 6.92 Å². The summed E-state index contributed by atoms with van der Waals surface area (Å²) in [6.07, 6.45) is 20.7. The van der Waals surface area contributed by atoms with Crippen LogP contribution < -0.4 is 0 Å². The minimum absolute atomic E-state index is 0.137. The molecular formula is C29H56O4. The van der Waals surface area contributed by atoms with Crippen molar-refractivity contribution >= 4 is 11.9 Å². The van der Waals surface area contributed by atoms with E-state index in [0.29, 0.717) is 25.0 Å². The molecular weight excluding hydrogens is 412 g/mol. The Morgan fingerprint density at radius 1 is 0.636 bits per heavy atom. The van der Waals surface area contributed by atoms with Crippen molar-refractivity contribution < 1.29 is 19.1 Å². The maximum Gasteiger partial charge on any atom is 0.309 e. The van der Waals surface area contributed by atoms with Crippen molar-refractivity contribution in [2.75, 3.05) is 13.2 Å². The van der Waals surface area contributed by atoms with Gasteiger partial charge in [0, 0.05) is 0 Å². The van der Waals surface area contributed by atoms with Gasteiger partial charge >= 0.3 is 11.9 Å². The Labute approximate surface area is 206 Å². The average molecular weight is 469 g/mol. The molecule has 0 radical (unpaired) electrons. The lowest BCUT2D eigenvalue weighted by molar-refractivity contribution is -0.155. The zero-order chi connectivity index (χ0) is 24.7. The molecule has 0 bridgehead atoms. The molecule has 0 saturated heterocycles. The number of carbonyl (C=O) groups is 2. The first kappa shape index (κ1) is 31.9. The van der Waals surface area contributed by atoms with E-state index in [-0.39, 0.29) is 24.3 Å². The fourth-order valence-electron chi connectivity index (χ4n) is 4.86. The second kappa shape index (κ2) is 22.7. The second-order valence-electron chi connectivity index (χ2n) is 9.90. The molecule has 0 fully saturated rings. The lowest BCUT2D eigenvalue weighted by atomic mass is 9.79. The molecule has 3 atom stereocenters. The zero-order valence-electron chi connectivity index (χ0n) is 22.8. The van der Waals surface area contributed by atoms with Gasteiger partial charge in [0.25, 0.3) is 0 Å². The molecule has 0 spiro atoms. The molecule has 0 aromatic rings. The highest BCUT2D eigenvalue weighted by molar-refractivity contribution is 5.79. The maximum absolute atomic E-state index is 12.5. The van der Waals surface area contributed by atoms with E-state index in [1.165, 1.54) is 83.5 Å². The topological polar surface area (TPSA) is 52.6 Å². The molecule has 4 nitrogen and oxygen atoms in total. The molecule has 0 aromatic carbocycles. The number of hydrogen-bond acceptors (Lipinski definition) is 4. The molecule has 0 saturated carbocycles. The molecule has 0 aliphatic rings. The molecule has 0 aliphatic heterocycles. The Balaban J connectivity index is 4.27. The number of ether oxygens (including phenoxy) is 2. The van der Waals surface area contributed by atoms with Gasteiger partial charge in [-0.15, -0.1) is 0 Å². The SMILES string of the molecule is CCCCCCCCCCCCCCC(C)C(CCC)CC(CC(=O)OCC)C(=O)OCC. The highest BCUT2D eigenvalue weighted by Crippen LogP contribution is 2.31. The standard InChI is InChI=1S/C29H56O4/c1-6-10-11-12-13-14-15-16-17-18-19-20-22-25(5)26(21-7-2)23-27(29(31)33-9-4)24-28(30)32-8-3/h25-27H,6-24H2,1-5H3. The predicted molar refractivity (Wildman–Crippen MR) is 139 cm³/mol. The summed E-state index contributed by atoms with van der Waals surface area (Å²) in [6.45, 7) is 11.1. The molecule has 33 heavy (non-hydrogen) atoms. The first-order chi connectivity index (χ1) is 16.0. The smallest absolute Gasteiger partial charge is 0.309 e. The van der Waals surface area contributed by atoms with Crippen molar-refractivity contribution in [1.29, 1.82) is 0 Å². The van der Waals surface area contributed by atoms with Crippen molar-refractivity contribution in [3.05, 3.63) is 0 Å². The van der Waals surface area contributed by atoms with Gasteiger partial charge in [0.2, 0.25) is 0 Å². The van der Waals surface area contributed by atoms with Crippen molar-refractivity contribution in [2.45, 2.75) is 144 Å². The van der Waals surface area contributed by atoms with Crippen LogP contribution in [-0.2, 0) is 19.1 Å². The Hall–Kier alpha value is -1.06. The third-order valence-corrected chi connectivity index (χ3v) is 6.90. The molecule has 3 unspecified atom stereocenters. The van der Waals surface area contributed by atoms with Crippen LogP contribution in [0.2, 0.25) is 0 Å². The van der Waals surface area contributed by atoms with E-state index in [0.717, 1.165) is 19.3 Å². The van der Waals surface area contributed by atoms with E-state index in [1.54, 1.807) is 6.92 Å². The van der Waals surface area contributed by atoms with Gasteiger partial charge in [0.15, 0.2) is 0 Å². The number of hydrogen-bond donors (Lipinski definition) is 0. The molecule has 0 rings (SSSR count). The van der Waals surface area contributed by atoms with Crippen molar-refractivity contribution in [3.8, 4) is 0 Å². The van der Waals surface area contributed by atoms with Gasteiger partial charge in [-0.2, -0.15) is 0 Å². The molecule has 0 N–H and O–H groups in total. The highest BCUT2D eigenvalue weighted by atomic mass is 16.5. The van der Waals surface area contributed by atoms with Gasteiger partial charge in [0.1, 0.15) is 0 Å². The van der Waals surface area contributed by atoms with Crippen LogP contribution in [-0.4, -0.2) is 25.2 Å². The molecule has 0 heterocycles. The fourth-order valence-corrected chi connectivity index (χ4v) is 4.86. The lowest BCUT2D eigenvalue weighted by Gasteiger charge is -2.27. The summed E-state index contributed by atoms with van der Waals surface area (Å²) in [5.74, 6) is 0.0901. The Bertz CT molecular complexity index is 463. The molecule has 196 valence electrons. The number of rotatable bonds is 23. The van der Waals surface area contributed by atoms with Crippen LogP contribution in [0.1, 0.15) is 144 Å². The summed E-state index contributed by atoms with van der Waals surface area (Å²) in [6, 6.07) is 0. The number of unbranched alkanes of at least 4 members (excludes halogenated alkanes) is 11. The van der Waals surface area contributed by atoms with Crippen LogP contribution in [0.4, 0.5) is 0 Å². The van der Waals surface area contributed by atoms with Gasteiger partial charge in [-0.25, -0.2) is 0 Å². The summed E-state index contributed by atoms with van der Waals surface area (Å²) in [5.41, 5.74) is 0. The Morgan fingerprint density at radius 2 is 1.15 bits per heavy atom. The second-order valence-corrected chi connectivity index (χ2v) is 9.90. The molecule has 4 heteroatoms. The van der Waals surface area contributed by atoms with Gasteiger partial charge in [-0.1, -0.05) is 117 Å². The summed E-state index contributed by atoms with van der Waals surface area (Å²) in [7, 11) is 0. The summed E-state index contributed by atoms with van der Waals surface area (Å²) in [5, 5.41) is 0. The molecule has 0 aromatic heterocycles. The third kappa shape index (κ3) is 18.0. The number of carbonyl (C=O) groups excluding carboxylic acids is 2. The van der Waals surface area contributed by atoms with E-state index in [2.05, 4.69) is 20.8 Å². The molecule has 0 amide bonds. The van der Waals surface area contributed by atoms with E-state index >= 15 is 0 Å². The first-order valence-electron chi connectivity index (χ1n) is 14.3. The summed E-state index contributed by atoms with van der Waals surface area (Å²) < 4.78 is 10.4. The Kier molecular flexibility index (Phi) is 22.0. The predicted octanol–water partition coefficient (Wildman–Crippen LogP) is 8.65. The average Bonchev–Trinajstić information content (AvgIpc) is 2.79. The monoisotopic (exact) mass is 468 g/mol.